The Morgan fingerprint density at radius 1 is 1.41 bits per heavy atom. The van der Waals surface area contributed by atoms with E-state index in [1.54, 1.807) is 26.2 Å². The molecule has 1 fully saturated rings. The second-order valence-electron chi connectivity index (χ2n) is 6.13. The molecule has 5 heteroatoms. The van der Waals surface area contributed by atoms with E-state index in [1.807, 2.05) is 0 Å². The first-order chi connectivity index (χ1) is 10.5. The van der Waals surface area contributed by atoms with Gasteiger partial charge in [-0.15, -0.1) is 6.58 Å². The molecule has 0 heterocycles. The molecule has 0 spiro atoms. The quantitative estimate of drug-likeness (QED) is 0.224. The molecule has 0 aromatic rings. The molecule has 5 atom stereocenters. The first-order valence-corrected chi connectivity index (χ1v) is 7.99. The van der Waals surface area contributed by atoms with E-state index in [1.165, 1.54) is 0 Å². The van der Waals surface area contributed by atoms with Crippen LogP contribution in [0.3, 0.4) is 0 Å². The van der Waals surface area contributed by atoms with Gasteiger partial charge in [-0.2, -0.15) is 0 Å². The number of aliphatic hydroxyl groups excluding tert-OH is 1. The molecule has 0 amide bonds. The number of ether oxygens (including phenoxy) is 2. The summed E-state index contributed by atoms with van der Waals surface area (Å²) in [5.41, 5.74) is 0. The Hall–Kier alpha value is -0.880. The highest BCUT2D eigenvalue weighted by molar-refractivity contribution is 5.02. The third-order valence-corrected chi connectivity index (χ3v) is 4.36. The van der Waals surface area contributed by atoms with Crippen molar-refractivity contribution in [2.45, 2.75) is 64.4 Å². The van der Waals surface area contributed by atoms with Crippen LogP contribution in [0.25, 0.3) is 0 Å². The van der Waals surface area contributed by atoms with Crippen LogP contribution in [-0.4, -0.2) is 36.0 Å². The van der Waals surface area contributed by atoms with Crippen molar-refractivity contribution in [1.29, 1.82) is 0 Å². The van der Waals surface area contributed by atoms with Gasteiger partial charge in [0.25, 0.3) is 0 Å². The van der Waals surface area contributed by atoms with E-state index in [2.05, 4.69) is 18.4 Å². The SMILES string of the molecule is C=CCC(/C=C(\CC1CCC(OC)C[C@H]1C)OO)OC(C)O. The Morgan fingerprint density at radius 3 is 2.64 bits per heavy atom. The maximum Gasteiger partial charge on any atom is 0.152 e. The maximum atomic E-state index is 9.35. The molecule has 1 rings (SSSR count). The molecule has 0 aromatic heterocycles. The lowest BCUT2D eigenvalue weighted by atomic mass is 9.77. The number of rotatable bonds is 9. The lowest BCUT2D eigenvalue weighted by Crippen LogP contribution is -2.28. The molecule has 1 aliphatic rings. The van der Waals surface area contributed by atoms with E-state index in [0.717, 1.165) is 19.3 Å². The zero-order chi connectivity index (χ0) is 16.5. The predicted octanol–water partition coefficient (Wildman–Crippen LogP) is 3.50. The van der Waals surface area contributed by atoms with Crippen LogP contribution in [0.2, 0.25) is 0 Å². The molecule has 1 aliphatic carbocycles. The van der Waals surface area contributed by atoms with Crippen molar-refractivity contribution in [3.05, 3.63) is 24.5 Å². The first-order valence-electron chi connectivity index (χ1n) is 7.99. The van der Waals surface area contributed by atoms with Crippen LogP contribution < -0.4 is 0 Å². The van der Waals surface area contributed by atoms with Gasteiger partial charge in [-0.05, 0) is 50.5 Å². The average Bonchev–Trinajstić information content (AvgIpc) is 2.47. The van der Waals surface area contributed by atoms with Crippen LogP contribution in [0.15, 0.2) is 24.5 Å². The fourth-order valence-corrected chi connectivity index (χ4v) is 3.11. The summed E-state index contributed by atoms with van der Waals surface area (Å²) in [5, 5.41) is 18.5. The molecule has 0 aliphatic heterocycles. The second kappa shape index (κ2) is 10.0. The summed E-state index contributed by atoms with van der Waals surface area (Å²) in [6, 6.07) is 0. The number of hydrogen-bond donors (Lipinski definition) is 2. The molecule has 128 valence electrons. The van der Waals surface area contributed by atoms with Crippen molar-refractivity contribution in [3.63, 3.8) is 0 Å². The standard InChI is InChI=1S/C17H30O5/c1-5-6-16(21-13(3)18)11-17(22-19)10-14-7-8-15(20-4)9-12(14)2/h5,11-16,18-19H,1,6-10H2,2-4H3/b17-11+/t12-,13?,14?,15?,16?/m1/s1. The van der Waals surface area contributed by atoms with Gasteiger partial charge in [0, 0.05) is 13.5 Å². The molecule has 0 radical (unpaired) electrons. The topological polar surface area (TPSA) is 68.2 Å². The van der Waals surface area contributed by atoms with E-state index in [0.29, 0.717) is 36.5 Å². The minimum atomic E-state index is -0.878. The molecular weight excluding hydrogens is 284 g/mol. The summed E-state index contributed by atoms with van der Waals surface area (Å²) in [5.74, 6) is 1.44. The molecule has 2 N–H and O–H groups in total. The maximum absolute atomic E-state index is 9.35. The Labute approximate surface area is 133 Å². The number of methoxy groups -OCH3 is 1. The summed E-state index contributed by atoms with van der Waals surface area (Å²) in [6.45, 7) is 7.44. The summed E-state index contributed by atoms with van der Waals surface area (Å²) < 4.78 is 10.8. The fourth-order valence-electron chi connectivity index (χ4n) is 3.11. The smallest absolute Gasteiger partial charge is 0.152 e. The Balaban J connectivity index is 2.65. The lowest BCUT2D eigenvalue weighted by molar-refractivity contribution is -0.209. The number of allylic oxidation sites excluding steroid dienone is 1. The molecule has 4 unspecified atom stereocenters. The van der Waals surface area contributed by atoms with Gasteiger partial charge in [-0.3, -0.25) is 0 Å². The molecule has 0 aromatic carbocycles. The average molecular weight is 314 g/mol. The third-order valence-electron chi connectivity index (χ3n) is 4.36. The second-order valence-corrected chi connectivity index (χ2v) is 6.13. The fraction of sp³-hybridized carbons (Fsp3) is 0.765. The van der Waals surface area contributed by atoms with Crippen LogP contribution in [0.5, 0.6) is 0 Å². The summed E-state index contributed by atoms with van der Waals surface area (Å²) in [6.07, 6.45) is 6.85. The molecular formula is C17H30O5. The molecule has 5 nitrogen and oxygen atoms in total. The van der Waals surface area contributed by atoms with Crippen LogP contribution >= 0.6 is 0 Å². The highest BCUT2D eigenvalue weighted by Crippen LogP contribution is 2.35. The van der Waals surface area contributed by atoms with Crippen LogP contribution in [0, 0.1) is 11.8 Å². The van der Waals surface area contributed by atoms with Crippen molar-refractivity contribution in [2.24, 2.45) is 11.8 Å². The van der Waals surface area contributed by atoms with Crippen molar-refractivity contribution in [1.82, 2.24) is 0 Å². The summed E-state index contributed by atoms with van der Waals surface area (Å²) in [4.78, 5) is 4.55. The van der Waals surface area contributed by atoms with Crippen LogP contribution in [0.1, 0.15) is 46.0 Å². The Bertz CT molecular complexity index is 353. The first kappa shape index (κ1) is 19.2. The minimum absolute atomic E-state index is 0.334. The molecule has 1 saturated carbocycles. The van der Waals surface area contributed by atoms with Gasteiger partial charge in [0.2, 0.25) is 0 Å². The van der Waals surface area contributed by atoms with Gasteiger partial charge < -0.3 is 19.5 Å². The molecule has 0 bridgehead atoms. The van der Waals surface area contributed by atoms with E-state index >= 15 is 0 Å². The van der Waals surface area contributed by atoms with Crippen LogP contribution in [-0.2, 0) is 14.4 Å². The van der Waals surface area contributed by atoms with Gasteiger partial charge >= 0.3 is 0 Å². The van der Waals surface area contributed by atoms with Crippen molar-refractivity contribution in [3.8, 4) is 0 Å². The third kappa shape index (κ3) is 6.48. The zero-order valence-corrected chi connectivity index (χ0v) is 13.9. The van der Waals surface area contributed by atoms with Crippen molar-refractivity contribution in [2.75, 3.05) is 7.11 Å². The van der Waals surface area contributed by atoms with Gasteiger partial charge in [0.15, 0.2) is 6.29 Å². The van der Waals surface area contributed by atoms with E-state index < -0.39 is 6.29 Å². The Kier molecular flexibility index (Phi) is 8.71. The van der Waals surface area contributed by atoms with Gasteiger partial charge in [0.05, 0.1) is 12.2 Å². The van der Waals surface area contributed by atoms with Crippen molar-refractivity contribution < 1.29 is 24.7 Å². The lowest BCUT2D eigenvalue weighted by Gasteiger charge is -2.33. The monoisotopic (exact) mass is 314 g/mol. The Morgan fingerprint density at radius 2 is 2.14 bits per heavy atom. The zero-order valence-electron chi connectivity index (χ0n) is 13.9. The van der Waals surface area contributed by atoms with Crippen molar-refractivity contribution >= 4 is 0 Å². The minimum Gasteiger partial charge on any atom is -0.381 e. The highest BCUT2D eigenvalue weighted by Gasteiger charge is 2.28. The predicted molar refractivity (Wildman–Crippen MR) is 85.1 cm³/mol. The molecule has 22 heavy (non-hydrogen) atoms. The summed E-state index contributed by atoms with van der Waals surface area (Å²) >= 11 is 0. The van der Waals surface area contributed by atoms with Crippen LogP contribution in [0.4, 0.5) is 0 Å². The highest BCUT2D eigenvalue weighted by atomic mass is 17.1. The largest absolute Gasteiger partial charge is 0.381 e. The van der Waals surface area contributed by atoms with E-state index in [4.69, 9.17) is 14.7 Å². The van der Waals surface area contributed by atoms with Gasteiger partial charge in [-0.1, -0.05) is 13.0 Å². The number of hydrogen-bond acceptors (Lipinski definition) is 5. The van der Waals surface area contributed by atoms with Gasteiger partial charge in [0.1, 0.15) is 5.76 Å². The normalized spacial score (nSPS) is 29.0. The van der Waals surface area contributed by atoms with Gasteiger partial charge in [-0.25, -0.2) is 5.26 Å². The number of aliphatic hydroxyl groups is 1. The van der Waals surface area contributed by atoms with E-state index in [9.17, 15) is 5.11 Å². The molecule has 0 saturated heterocycles. The van der Waals surface area contributed by atoms with E-state index in [-0.39, 0.29) is 6.10 Å². The summed E-state index contributed by atoms with van der Waals surface area (Å²) in [7, 11) is 1.76.